The molecular weight excluding hydrogens is 219 g/mol. The predicted molar refractivity (Wildman–Crippen MR) is 51.8 cm³/mol. The van der Waals surface area contributed by atoms with E-state index in [4.69, 9.17) is 9.84 Å². The summed E-state index contributed by atoms with van der Waals surface area (Å²) < 4.78 is 19.5. The van der Waals surface area contributed by atoms with Crippen molar-refractivity contribution in [2.24, 2.45) is 0 Å². The molecule has 2 heterocycles. The Morgan fingerprint density at radius 1 is 1.62 bits per heavy atom. The van der Waals surface area contributed by atoms with Crippen LogP contribution >= 0.6 is 0 Å². The lowest BCUT2D eigenvalue weighted by atomic mass is 10.2. The number of halogens is 1. The van der Waals surface area contributed by atoms with Crippen LogP contribution in [-0.4, -0.2) is 33.5 Å². The highest BCUT2D eigenvalue weighted by Gasteiger charge is 2.36. The maximum absolute atomic E-state index is 13.3. The van der Waals surface area contributed by atoms with Gasteiger partial charge in [-0.1, -0.05) is 0 Å². The van der Waals surface area contributed by atoms with Crippen LogP contribution in [-0.2, 0) is 4.74 Å². The van der Waals surface area contributed by atoms with Crippen molar-refractivity contribution in [1.82, 2.24) is 9.55 Å². The van der Waals surface area contributed by atoms with E-state index in [-0.39, 0.29) is 6.42 Å². The molecule has 1 aliphatic rings. The molecule has 0 aliphatic carbocycles. The number of hydrogen-bond acceptors (Lipinski definition) is 4. The van der Waals surface area contributed by atoms with E-state index in [0.717, 1.165) is 10.6 Å². The third-order valence-electron chi connectivity index (χ3n) is 2.50. The van der Waals surface area contributed by atoms with Crippen LogP contribution in [0.3, 0.4) is 0 Å². The summed E-state index contributed by atoms with van der Waals surface area (Å²) >= 11 is 0. The van der Waals surface area contributed by atoms with Crippen LogP contribution in [0.1, 0.15) is 12.6 Å². The second-order valence-corrected chi connectivity index (χ2v) is 3.58. The van der Waals surface area contributed by atoms with Crippen molar-refractivity contribution in [3.8, 4) is 0 Å². The van der Waals surface area contributed by atoms with Gasteiger partial charge in [0.2, 0.25) is 0 Å². The predicted octanol–water partition coefficient (Wildman–Crippen LogP) is -0.845. The van der Waals surface area contributed by atoms with Crippen molar-refractivity contribution < 1.29 is 14.2 Å². The molecule has 1 aromatic rings. The number of alkyl halides is 1. The van der Waals surface area contributed by atoms with E-state index in [0.29, 0.717) is 0 Å². The van der Waals surface area contributed by atoms with Crippen molar-refractivity contribution in [1.29, 1.82) is 0 Å². The van der Waals surface area contributed by atoms with E-state index in [2.05, 4.69) is 4.98 Å². The molecule has 0 amide bonds. The highest BCUT2D eigenvalue weighted by atomic mass is 19.1. The number of ether oxygens (including phenoxy) is 1. The molecular formula is C9H11FN2O4. The number of H-pyrrole nitrogens is 1. The standard InChI is InChI=1S/C9H11FN2O4/c10-5-3-8(16-6(5)4-13)12-2-1-7(14)11-9(12)15/h1-2,5-6,8,13H,3-4H2,(H,11,14,15)/t5?,6-,8-/m0/s1. The fourth-order valence-corrected chi connectivity index (χ4v) is 1.68. The first kappa shape index (κ1) is 11.0. The van der Waals surface area contributed by atoms with E-state index in [1.54, 1.807) is 0 Å². The fraction of sp³-hybridized carbons (Fsp3) is 0.556. The van der Waals surface area contributed by atoms with Crippen LogP contribution in [0.4, 0.5) is 4.39 Å². The maximum Gasteiger partial charge on any atom is 0.330 e. The lowest BCUT2D eigenvalue weighted by Gasteiger charge is -2.13. The van der Waals surface area contributed by atoms with Crippen molar-refractivity contribution >= 4 is 0 Å². The largest absolute Gasteiger partial charge is 0.394 e. The van der Waals surface area contributed by atoms with Gasteiger partial charge < -0.3 is 9.84 Å². The molecule has 1 aromatic heterocycles. The Bertz CT molecular complexity index is 483. The minimum absolute atomic E-state index is 0.0167. The zero-order valence-electron chi connectivity index (χ0n) is 8.30. The first-order valence-corrected chi connectivity index (χ1v) is 4.83. The lowest BCUT2D eigenvalue weighted by Crippen LogP contribution is -2.31. The number of aliphatic hydroxyl groups is 1. The topological polar surface area (TPSA) is 84.3 Å². The lowest BCUT2D eigenvalue weighted by molar-refractivity contribution is -0.0356. The van der Waals surface area contributed by atoms with E-state index in [1.807, 2.05) is 0 Å². The van der Waals surface area contributed by atoms with Gasteiger partial charge >= 0.3 is 5.69 Å². The van der Waals surface area contributed by atoms with Gasteiger partial charge in [-0.15, -0.1) is 0 Å². The van der Waals surface area contributed by atoms with Gasteiger partial charge in [0.05, 0.1) is 6.61 Å². The summed E-state index contributed by atoms with van der Waals surface area (Å²) in [6.07, 6.45) is -1.77. The van der Waals surface area contributed by atoms with E-state index in [1.165, 1.54) is 6.20 Å². The van der Waals surface area contributed by atoms with E-state index < -0.39 is 36.4 Å². The zero-order chi connectivity index (χ0) is 11.7. The van der Waals surface area contributed by atoms with Crippen LogP contribution in [0.15, 0.2) is 21.9 Å². The van der Waals surface area contributed by atoms with Gasteiger partial charge in [-0.2, -0.15) is 0 Å². The number of nitrogens with one attached hydrogen (secondary N) is 1. The Balaban J connectivity index is 2.27. The Morgan fingerprint density at radius 2 is 2.38 bits per heavy atom. The Labute approximate surface area is 89.3 Å². The van der Waals surface area contributed by atoms with Gasteiger partial charge in [0, 0.05) is 18.7 Å². The van der Waals surface area contributed by atoms with Crippen molar-refractivity contribution in [3.05, 3.63) is 33.1 Å². The van der Waals surface area contributed by atoms with Gasteiger partial charge in [-0.3, -0.25) is 14.3 Å². The second kappa shape index (κ2) is 4.18. The Kier molecular flexibility index (Phi) is 2.88. The Hall–Kier alpha value is -1.47. The van der Waals surface area contributed by atoms with Crippen molar-refractivity contribution in [2.75, 3.05) is 6.61 Å². The smallest absolute Gasteiger partial charge is 0.330 e. The third kappa shape index (κ3) is 1.91. The molecule has 88 valence electrons. The summed E-state index contributed by atoms with van der Waals surface area (Å²) in [5.74, 6) is 0. The summed E-state index contributed by atoms with van der Waals surface area (Å²) in [6, 6.07) is 1.16. The fourth-order valence-electron chi connectivity index (χ4n) is 1.68. The highest BCUT2D eigenvalue weighted by molar-refractivity contribution is 4.88. The van der Waals surface area contributed by atoms with Gasteiger partial charge in [-0.05, 0) is 0 Å². The molecule has 1 aliphatic heterocycles. The summed E-state index contributed by atoms with van der Waals surface area (Å²) in [6.45, 7) is -0.435. The average Bonchev–Trinajstić information content (AvgIpc) is 2.59. The summed E-state index contributed by atoms with van der Waals surface area (Å²) in [5.41, 5.74) is -1.17. The van der Waals surface area contributed by atoms with E-state index >= 15 is 0 Å². The van der Waals surface area contributed by atoms with Crippen LogP contribution in [0.2, 0.25) is 0 Å². The molecule has 7 heteroatoms. The molecule has 3 atom stereocenters. The van der Waals surface area contributed by atoms with Crippen molar-refractivity contribution in [3.63, 3.8) is 0 Å². The average molecular weight is 230 g/mol. The minimum Gasteiger partial charge on any atom is -0.394 e. The first-order valence-electron chi connectivity index (χ1n) is 4.83. The Morgan fingerprint density at radius 3 is 2.94 bits per heavy atom. The van der Waals surface area contributed by atoms with Crippen LogP contribution in [0, 0.1) is 0 Å². The molecule has 1 saturated heterocycles. The molecule has 0 spiro atoms. The number of aromatic amines is 1. The molecule has 0 saturated carbocycles. The van der Waals surface area contributed by atoms with Gasteiger partial charge in [0.15, 0.2) is 0 Å². The second-order valence-electron chi connectivity index (χ2n) is 3.58. The van der Waals surface area contributed by atoms with Gasteiger partial charge in [-0.25, -0.2) is 9.18 Å². The van der Waals surface area contributed by atoms with Crippen LogP contribution < -0.4 is 11.2 Å². The van der Waals surface area contributed by atoms with Crippen molar-refractivity contribution in [2.45, 2.75) is 24.9 Å². The molecule has 0 aromatic carbocycles. The quantitative estimate of drug-likeness (QED) is 0.693. The monoisotopic (exact) mass is 230 g/mol. The first-order chi connectivity index (χ1) is 7.61. The number of rotatable bonds is 2. The van der Waals surface area contributed by atoms with Crippen LogP contribution in [0.5, 0.6) is 0 Å². The van der Waals surface area contributed by atoms with Gasteiger partial charge in [0.25, 0.3) is 5.56 Å². The molecule has 0 bridgehead atoms. The molecule has 0 radical (unpaired) electrons. The number of nitrogens with zero attached hydrogens (tertiary/aromatic N) is 1. The number of hydrogen-bond donors (Lipinski definition) is 2. The third-order valence-corrected chi connectivity index (χ3v) is 2.50. The summed E-state index contributed by atoms with van der Waals surface area (Å²) in [7, 11) is 0. The molecule has 6 nitrogen and oxygen atoms in total. The highest BCUT2D eigenvalue weighted by Crippen LogP contribution is 2.29. The zero-order valence-corrected chi connectivity index (χ0v) is 8.30. The maximum atomic E-state index is 13.3. The van der Waals surface area contributed by atoms with E-state index in [9.17, 15) is 14.0 Å². The normalized spacial score (nSPS) is 29.5. The number of aliphatic hydroxyl groups excluding tert-OH is 1. The molecule has 1 unspecified atom stereocenters. The minimum atomic E-state index is -1.31. The molecule has 16 heavy (non-hydrogen) atoms. The van der Waals surface area contributed by atoms with Crippen LogP contribution in [0.25, 0.3) is 0 Å². The number of aromatic nitrogens is 2. The van der Waals surface area contributed by atoms with Gasteiger partial charge in [0.1, 0.15) is 18.5 Å². The molecule has 1 fully saturated rings. The molecule has 2 rings (SSSR count). The summed E-state index contributed by atoms with van der Waals surface area (Å²) in [4.78, 5) is 24.2. The summed E-state index contributed by atoms with van der Waals surface area (Å²) in [5, 5.41) is 8.80. The SMILES string of the molecule is O=c1ccn([C@@H]2CC(F)[C@H](CO)O2)c(=O)[nH]1. The molecule has 2 N–H and O–H groups in total.